The van der Waals surface area contributed by atoms with E-state index in [4.69, 9.17) is 5.53 Å². The predicted octanol–water partition coefficient (Wildman–Crippen LogP) is 1.56. The van der Waals surface area contributed by atoms with Crippen molar-refractivity contribution in [1.82, 2.24) is 5.32 Å². The molecule has 0 aromatic carbocycles. The van der Waals surface area contributed by atoms with Gasteiger partial charge in [-0.25, -0.2) is 0 Å². The van der Waals surface area contributed by atoms with E-state index in [-0.39, 0.29) is 5.91 Å². The van der Waals surface area contributed by atoms with Gasteiger partial charge in [-0.3, -0.25) is 4.79 Å². The predicted molar refractivity (Wildman–Crippen MR) is 54.6 cm³/mol. The van der Waals surface area contributed by atoms with Gasteiger partial charge in [0.1, 0.15) is 0 Å². The molecule has 0 saturated carbocycles. The van der Waals surface area contributed by atoms with E-state index in [1.165, 1.54) is 11.8 Å². The number of carbonyl (C=O) groups excluding carboxylic acids is 1. The molecule has 0 heterocycles. The topological polar surface area (TPSA) is 77.9 Å². The second kappa shape index (κ2) is 9.22. The Kier molecular flexibility index (Phi) is 8.60. The first-order chi connectivity index (χ1) is 6.31. The molecule has 0 aliphatic carbocycles. The fourth-order valence-electron chi connectivity index (χ4n) is 0.762. The van der Waals surface area contributed by atoms with Crippen molar-refractivity contribution in [2.75, 3.05) is 25.1 Å². The molecule has 0 unspecified atom stereocenters. The van der Waals surface area contributed by atoms with E-state index in [1.54, 1.807) is 0 Å². The maximum Gasteiger partial charge on any atom is 0.229 e. The smallest absolute Gasteiger partial charge is 0.229 e. The van der Waals surface area contributed by atoms with Gasteiger partial charge in [0.15, 0.2) is 0 Å². The molecule has 0 aromatic heterocycles. The van der Waals surface area contributed by atoms with Gasteiger partial charge in [-0.05, 0) is 24.6 Å². The summed E-state index contributed by atoms with van der Waals surface area (Å²) in [5, 5.41) is 6.15. The van der Waals surface area contributed by atoms with E-state index in [9.17, 15) is 4.79 Å². The summed E-state index contributed by atoms with van der Waals surface area (Å²) >= 11 is 1.50. The largest absolute Gasteiger partial charge is 0.355 e. The number of nitrogens with zero attached hydrogens (tertiary/aromatic N) is 3. The van der Waals surface area contributed by atoms with Gasteiger partial charge in [-0.15, -0.1) is 0 Å². The molecule has 74 valence electrons. The van der Waals surface area contributed by atoms with Gasteiger partial charge in [0.25, 0.3) is 0 Å². The standard InChI is InChI=1S/C7H14N4OS/c1-13-6-7(12)9-4-2-3-5-10-11-8/h2-6H2,1H3,(H,9,12). The molecule has 0 aromatic rings. The molecule has 0 radical (unpaired) electrons. The van der Waals surface area contributed by atoms with Crippen LogP contribution in [0.25, 0.3) is 10.4 Å². The number of carbonyl (C=O) groups is 1. The lowest BCUT2D eigenvalue weighted by molar-refractivity contribution is -0.118. The number of unbranched alkanes of at least 4 members (excludes halogenated alkanes) is 1. The summed E-state index contributed by atoms with van der Waals surface area (Å²) in [6.45, 7) is 1.18. The van der Waals surface area contributed by atoms with Crippen LogP contribution in [0.3, 0.4) is 0 Å². The maximum absolute atomic E-state index is 10.9. The molecule has 0 atom stereocenters. The number of hydrogen-bond donors (Lipinski definition) is 1. The summed E-state index contributed by atoms with van der Waals surface area (Å²) in [6.07, 6.45) is 3.57. The maximum atomic E-state index is 10.9. The van der Waals surface area contributed by atoms with Gasteiger partial charge in [0.05, 0.1) is 5.75 Å². The van der Waals surface area contributed by atoms with Gasteiger partial charge >= 0.3 is 0 Å². The minimum Gasteiger partial charge on any atom is -0.355 e. The van der Waals surface area contributed by atoms with E-state index in [1.807, 2.05) is 6.26 Å². The van der Waals surface area contributed by atoms with Crippen LogP contribution in [0.2, 0.25) is 0 Å². The van der Waals surface area contributed by atoms with Crippen molar-refractivity contribution in [3.05, 3.63) is 10.4 Å². The second-order valence-electron chi connectivity index (χ2n) is 2.44. The van der Waals surface area contributed by atoms with Crippen LogP contribution in [0.15, 0.2) is 5.11 Å². The zero-order valence-corrected chi connectivity index (χ0v) is 8.51. The normalized spacial score (nSPS) is 9.00. The second-order valence-corrected chi connectivity index (χ2v) is 3.31. The Morgan fingerprint density at radius 1 is 1.62 bits per heavy atom. The van der Waals surface area contributed by atoms with E-state index >= 15 is 0 Å². The summed E-state index contributed by atoms with van der Waals surface area (Å²) in [4.78, 5) is 13.6. The average Bonchev–Trinajstić information content (AvgIpc) is 2.11. The Balaban J connectivity index is 3.15. The molecular weight excluding hydrogens is 188 g/mol. The van der Waals surface area contributed by atoms with Gasteiger partial charge in [-0.1, -0.05) is 5.11 Å². The van der Waals surface area contributed by atoms with Crippen molar-refractivity contribution >= 4 is 17.7 Å². The summed E-state index contributed by atoms with van der Waals surface area (Å²) < 4.78 is 0. The highest BCUT2D eigenvalue weighted by Crippen LogP contribution is 1.91. The van der Waals surface area contributed by atoms with Crippen molar-refractivity contribution in [2.45, 2.75) is 12.8 Å². The molecule has 1 N–H and O–H groups in total. The van der Waals surface area contributed by atoms with Crippen molar-refractivity contribution in [1.29, 1.82) is 0 Å². The molecule has 0 bridgehead atoms. The number of rotatable bonds is 7. The highest BCUT2D eigenvalue weighted by Gasteiger charge is 1.96. The number of azide groups is 1. The number of hydrogen-bond acceptors (Lipinski definition) is 3. The van der Waals surface area contributed by atoms with Crippen LogP contribution >= 0.6 is 11.8 Å². The number of nitrogens with one attached hydrogen (secondary N) is 1. The molecule has 0 fully saturated rings. The van der Waals surface area contributed by atoms with E-state index in [0.717, 1.165) is 12.8 Å². The number of amides is 1. The van der Waals surface area contributed by atoms with Gasteiger partial charge < -0.3 is 5.32 Å². The molecular formula is C7H14N4OS. The van der Waals surface area contributed by atoms with Crippen LogP contribution in [0.1, 0.15) is 12.8 Å². The molecule has 0 aliphatic rings. The Morgan fingerprint density at radius 3 is 3.00 bits per heavy atom. The SMILES string of the molecule is CSCC(=O)NCCCCN=[N+]=[N-]. The molecule has 6 heteroatoms. The van der Waals surface area contributed by atoms with E-state index < -0.39 is 0 Å². The Hall–Kier alpha value is -0.870. The third kappa shape index (κ3) is 9.04. The van der Waals surface area contributed by atoms with Crippen molar-refractivity contribution in [3.63, 3.8) is 0 Å². The lowest BCUT2D eigenvalue weighted by Gasteiger charge is -2.01. The monoisotopic (exact) mass is 202 g/mol. The Labute approximate surface area is 81.9 Å². The van der Waals surface area contributed by atoms with Gasteiger partial charge in [0, 0.05) is 18.0 Å². The lowest BCUT2D eigenvalue weighted by atomic mass is 10.3. The molecule has 5 nitrogen and oxygen atoms in total. The molecule has 0 aliphatic heterocycles. The average molecular weight is 202 g/mol. The van der Waals surface area contributed by atoms with Crippen LogP contribution in [-0.2, 0) is 4.79 Å². The van der Waals surface area contributed by atoms with Crippen molar-refractivity contribution in [2.24, 2.45) is 5.11 Å². The minimum atomic E-state index is 0.0660. The van der Waals surface area contributed by atoms with Crippen molar-refractivity contribution in [3.8, 4) is 0 Å². The van der Waals surface area contributed by atoms with Crippen LogP contribution in [0.5, 0.6) is 0 Å². The zero-order chi connectivity index (χ0) is 9.94. The Bertz CT molecular complexity index is 191. The fraction of sp³-hybridized carbons (Fsp3) is 0.857. The minimum absolute atomic E-state index is 0.0660. The third-order valence-corrected chi connectivity index (χ3v) is 1.90. The summed E-state index contributed by atoms with van der Waals surface area (Å²) in [6, 6.07) is 0. The first-order valence-electron chi connectivity index (χ1n) is 4.07. The van der Waals surface area contributed by atoms with Gasteiger partial charge in [-0.2, -0.15) is 11.8 Å². The lowest BCUT2D eigenvalue weighted by Crippen LogP contribution is -2.26. The summed E-state index contributed by atoms with van der Waals surface area (Å²) in [5.74, 6) is 0.576. The van der Waals surface area contributed by atoms with Crippen LogP contribution in [0.4, 0.5) is 0 Å². The molecule has 13 heavy (non-hydrogen) atoms. The van der Waals surface area contributed by atoms with Crippen LogP contribution < -0.4 is 5.32 Å². The first-order valence-corrected chi connectivity index (χ1v) is 5.47. The van der Waals surface area contributed by atoms with E-state index in [0.29, 0.717) is 18.8 Å². The zero-order valence-electron chi connectivity index (χ0n) is 7.69. The molecule has 0 spiro atoms. The van der Waals surface area contributed by atoms with E-state index in [2.05, 4.69) is 15.3 Å². The molecule has 1 amide bonds. The molecule has 0 saturated heterocycles. The Morgan fingerprint density at radius 2 is 2.38 bits per heavy atom. The third-order valence-electron chi connectivity index (χ3n) is 1.35. The fourth-order valence-corrected chi connectivity index (χ4v) is 1.13. The quantitative estimate of drug-likeness (QED) is 0.294. The summed E-state index contributed by atoms with van der Waals surface area (Å²) in [5.41, 5.74) is 7.97. The van der Waals surface area contributed by atoms with Crippen molar-refractivity contribution < 1.29 is 4.79 Å². The van der Waals surface area contributed by atoms with Crippen LogP contribution in [0, 0.1) is 0 Å². The molecule has 0 rings (SSSR count). The highest BCUT2D eigenvalue weighted by atomic mass is 32.2. The summed E-state index contributed by atoms with van der Waals surface area (Å²) in [7, 11) is 0. The first kappa shape index (κ1) is 12.1. The number of thioether (sulfide) groups is 1. The van der Waals surface area contributed by atoms with Crippen LogP contribution in [-0.4, -0.2) is 31.0 Å². The highest BCUT2D eigenvalue weighted by molar-refractivity contribution is 7.99. The van der Waals surface area contributed by atoms with Gasteiger partial charge in [0.2, 0.25) is 5.91 Å².